The number of carbonyl (C=O) groups excluding carboxylic acids is 1. The fourth-order valence-corrected chi connectivity index (χ4v) is 3.31. The minimum absolute atomic E-state index is 0.0735. The summed E-state index contributed by atoms with van der Waals surface area (Å²) >= 11 is 0. The van der Waals surface area contributed by atoms with E-state index in [0.717, 1.165) is 28.1 Å². The molecule has 0 saturated heterocycles. The number of hydrogen-bond acceptors (Lipinski definition) is 4. The number of aliphatic hydroxyl groups excluding tert-OH is 1. The quantitative estimate of drug-likeness (QED) is 0.802. The maximum absolute atomic E-state index is 12.3. The van der Waals surface area contributed by atoms with Crippen LogP contribution in [0, 0.1) is 13.8 Å². The maximum Gasteiger partial charge on any atom is 0.315 e. The van der Waals surface area contributed by atoms with Gasteiger partial charge in [0, 0.05) is 18.0 Å². The first kappa shape index (κ1) is 16.5. The average Bonchev–Trinajstić information content (AvgIpc) is 3.01. The van der Waals surface area contributed by atoms with E-state index in [4.69, 9.17) is 4.52 Å². The fraction of sp³-hybridized carbons (Fsp3) is 0.444. The van der Waals surface area contributed by atoms with E-state index >= 15 is 0 Å². The van der Waals surface area contributed by atoms with E-state index in [1.165, 1.54) is 0 Å². The van der Waals surface area contributed by atoms with Crippen molar-refractivity contribution in [3.05, 3.63) is 52.4 Å². The molecule has 2 amide bonds. The van der Waals surface area contributed by atoms with E-state index in [1.807, 2.05) is 45.0 Å². The molecule has 1 aromatic heterocycles. The van der Waals surface area contributed by atoms with Crippen LogP contribution in [0.4, 0.5) is 4.79 Å². The van der Waals surface area contributed by atoms with E-state index in [1.54, 1.807) is 0 Å². The van der Waals surface area contributed by atoms with E-state index in [2.05, 4.69) is 15.8 Å². The molecule has 0 spiro atoms. The van der Waals surface area contributed by atoms with Crippen LogP contribution >= 0.6 is 0 Å². The Hall–Kier alpha value is -2.34. The zero-order chi connectivity index (χ0) is 17.3. The summed E-state index contributed by atoms with van der Waals surface area (Å²) in [6, 6.07) is 7.07. The third kappa shape index (κ3) is 3.28. The third-order valence-corrected chi connectivity index (χ3v) is 4.56. The Labute approximate surface area is 141 Å². The highest BCUT2D eigenvalue weighted by Crippen LogP contribution is 2.31. The molecule has 3 atom stereocenters. The maximum atomic E-state index is 12.3. The number of hydrogen-bond donors (Lipinski definition) is 3. The molecule has 1 aliphatic rings. The molecule has 0 saturated carbocycles. The number of amides is 2. The Kier molecular flexibility index (Phi) is 4.57. The Morgan fingerprint density at radius 3 is 2.88 bits per heavy atom. The van der Waals surface area contributed by atoms with Gasteiger partial charge in [-0.15, -0.1) is 0 Å². The lowest BCUT2D eigenvalue weighted by Crippen LogP contribution is -2.45. The lowest BCUT2D eigenvalue weighted by Gasteiger charge is -2.20. The average molecular weight is 329 g/mol. The number of urea groups is 1. The second-order valence-electron chi connectivity index (χ2n) is 6.47. The molecule has 2 aromatic rings. The smallest absolute Gasteiger partial charge is 0.315 e. The minimum Gasteiger partial charge on any atom is -0.390 e. The molecule has 3 rings (SSSR count). The molecule has 0 radical (unpaired) electrons. The Balaban J connectivity index is 1.60. The van der Waals surface area contributed by atoms with Crippen LogP contribution in [0.25, 0.3) is 0 Å². The topological polar surface area (TPSA) is 87.4 Å². The highest BCUT2D eigenvalue weighted by Gasteiger charge is 2.32. The van der Waals surface area contributed by atoms with Crippen molar-refractivity contribution in [2.45, 2.75) is 51.8 Å². The number of benzene rings is 1. The first-order valence-corrected chi connectivity index (χ1v) is 8.20. The molecule has 24 heavy (non-hydrogen) atoms. The second-order valence-corrected chi connectivity index (χ2v) is 6.47. The van der Waals surface area contributed by atoms with Crippen molar-refractivity contribution >= 4 is 6.03 Å². The number of aromatic nitrogens is 1. The van der Waals surface area contributed by atoms with Crippen LogP contribution in [-0.2, 0) is 12.8 Å². The lowest BCUT2D eigenvalue weighted by atomic mass is 10.1. The standard InChI is InChI=1S/C18H23N3O3/c1-10(8-15-11(2)21-24-12(15)3)19-18(23)20-17-14-7-5-4-6-13(14)9-16(17)22/h4-7,10,16-17,22H,8-9H2,1-3H3,(H2,19,20,23)/t10?,16-,17+/m0/s1. The molecular weight excluding hydrogens is 306 g/mol. The highest BCUT2D eigenvalue weighted by atomic mass is 16.5. The van der Waals surface area contributed by atoms with Gasteiger partial charge in [-0.2, -0.15) is 0 Å². The van der Waals surface area contributed by atoms with Crippen LogP contribution in [0.1, 0.15) is 41.1 Å². The molecule has 1 aromatic carbocycles. The van der Waals surface area contributed by atoms with E-state index in [9.17, 15) is 9.90 Å². The summed E-state index contributed by atoms with van der Waals surface area (Å²) in [7, 11) is 0. The Bertz CT molecular complexity index is 721. The number of aryl methyl sites for hydroxylation is 2. The van der Waals surface area contributed by atoms with Crippen molar-refractivity contribution in [3.8, 4) is 0 Å². The van der Waals surface area contributed by atoms with Gasteiger partial charge >= 0.3 is 6.03 Å². The van der Waals surface area contributed by atoms with E-state index in [0.29, 0.717) is 12.8 Å². The molecular formula is C18H23N3O3. The van der Waals surface area contributed by atoms with Crippen molar-refractivity contribution in [1.82, 2.24) is 15.8 Å². The van der Waals surface area contributed by atoms with Crippen molar-refractivity contribution in [2.24, 2.45) is 0 Å². The van der Waals surface area contributed by atoms with Crippen molar-refractivity contribution in [1.29, 1.82) is 0 Å². The van der Waals surface area contributed by atoms with Crippen LogP contribution in [0.3, 0.4) is 0 Å². The van der Waals surface area contributed by atoms with Gasteiger partial charge in [-0.25, -0.2) is 4.79 Å². The zero-order valence-electron chi connectivity index (χ0n) is 14.2. The molecule has 1 heterocycles. The molecule has 6 nitrogen and oxygen atoms in total. The summed E-state index contributed by atoms with van der Waals surface area (Å²) in [6.07, 6.45) is 0.625. The SMILES string of the molecule is Cc1noc(C)c1CC(C)NC(=O)N[C@@H]1c2ccccc2C[C@@H]1O. The van der Waals surface area contributed by atoms with Crippen LogP contribution in [-0.4, -0.2) is 28.4 Å². The minimum atomic E-state index is -0.592. The van der Waals surface area contributed by atoms with Crippen molar-refractivity contribution in [3.63, 3.8) is 0 Å². The number of carbonyl (C=O) groups is 1. The van der Waals surface area contributed by atoms with E-state index in [-0.39, 0.29) is 18.1 Å². The van der Waals surface area contributed by atoms with Gasteiger partial charge in [0.05, 0.1) is 17.8 Å². The van der Waals surface area contributed by atoms with Gasteiger partial charge in [0.15, 0.2) is 0 Å². The van der Waals surface area contributed by atoms with Gasteiger partial charge in [-0.05, 0) is 38.3 Å². The van der Waals surface area contributed by atoms with E-state index < -0.39 is 6.10 Å². The molecule has 128 valence electrons. The van der Waals surface area contributed by atoms with Gasteiger partial charge in [-0.3, -0.25) is 0 Å². The van der Waals surface area contributed by atoms with Crippen molar-refractivity contribution < 1.29 is 14.4 Å². The summed E-state index contributed by atoms with van der Waals surface area (Å²) < 4.78 is 5.15. The fourth-order valence-electron chi connectivity index (χ4n) is 3.31. The predicted octanol–water partition coefficient (Wildman–Crippen LogP) is 2.18. The molecule has 1 unspecified atom stereocenters. The number of fused-ring (bicyclic) bond motifs is 1. The molecule has 3 N–H and O–H groups in total. The summed E-state index contributed by atoms with van der Waals surface area (Å²) in [5, 5.41) is 19.9. The van der Waals surface area contributed by atoms with Crippen LogP contribution in [0.2, 0.25) is 0 Å². The number of aliphatic hydroxyl groups is 1. The third-order valence-electron chi connectivity index (χ3n) is 4.56. The summed E-state index contributed by atoms with van der Waals surface area (Å²) in [5.41, 5.74) is 3.94. The molecule has 0 fully saturated rings. The molecule has 6 heteroatoms. The van der Waals surface area contributed by atoms with Gasteiger partial charge in [0.1, 0.15) is 5.76 Å². The monoisotopic (exact) mass is 329 g/mol. The van der Waals surface area contributed by atoms with Crippen LogP contribution in [0.15, 0.2) is 28.8 Å². The number of nitrogens with one attached hydrogen (secondary N) is 2. The zero-order valence-corrected chi connectivity index (χ0v) is 14.2. The van der Waals surface area contributed by atoms with Crippen molar-refractivity contribution in [2.75, 3.05) is 0 Å². The Morgan fingerprint density at radius 1 is 1.42 bits per heavy atom. The highest BCUT2D eigenvalue weighted by molar-refractivity contribution is 5.75. The predicted molar refractivity (Wildman–Crippen MR) is 89.7 cm³/mol. The normalized spacial score (nSPS) is 20.5. The molecule has 0 bridgehead atoms. The van der Waals surface area contributed by atoms with Crippen LogP contribution in [0.5, 0.6) is 0 Å². The first-order chi connectivity index (χ1) is 11.5. The van der Waals surface area contributed by atoms with Gasteiger partial charge < -0.3 is 20.3 Å². The van der Waals surface area contributed by atoms with Gasteiger partial charge in [0.25, 0.3) is 0 Å². The lowest BCUT2D eigenvalue weighted by molar-refractivity contribution is 0.142. The number of nitrogens with zero attached hydrogens (tertiary/aromatic N) is 1. The van der Waals surface area contributed by atoms with Crippen LogP contribution < -0.4 is 10.6 Å². The first-order valence-electron chi connectivity index (χ1n) is 8.20. The molecule has 1 aliphatic carbocycles. The van der Waals surface area contributed by atoms with Gasteiger partial charge in [0.2, 0.25) is 0 Å². The Morgan fingerprint density at radius 2 is 2.17 bits per heavy atom. The van der Waals surface area contributed by atoms with Gasteiger partial charge in [-0.1, -0.05) is 29.4 Å². The molecule has 0 aliphatic heterocycles. The number of rotatable bonds is 4. The largest absolute Gasteiger partial charge is 0.390 e. The second kappa shape index (κ2) is 6.65. The summed E-state index contributed by atoms with van der Waals surface area (Å²) in [5.74, 6) is 0.779. The summed E-state index contributed by atoms with van der Waals surface area (Å²) in [6.45, 7) is 5.70. The summed E-state index contributed by atoms with van der Waals surface area (Å²) in [4.78, 5) is 12.3.